The molecule has 1 amide bonds. The molecular weight excluding hydrogens is 385 g/mol. The van der Waals surface area contributed by atoms with Gasteiger partial charge in [0.05, 0.1) is 12.2 Å². The fourth-order valence-corrected chi connectivity index (χ4v) is 2.82. The Morgan fingerprint density at radius 2 is 2.07 bits per heavy atom. The SMILES string of the molecule is CC(C)Cc1cc(C(F)(F)F)nc(C(F)F)c1C(=O)NC(C#N)=C1CCCO1. The molecule has 0 radical (unpaired) electrons. The quantitative estimate of drug-likeness (QED) is 0.580. The summed E-state index contributed by atoms with van der Waals surface area (Å²) in [5.74, 6) is -1.13. The van der Waals surface area contributed by atoms with Gasteiger partial charge < -0.3 is 10.1 Å². The molecule has 10 heteroatoms. The summed E-state index contributed by atoms with van der Waals surface area (Å²) in [7, 11) is 0. The third-order valence-corrected chi connectivity index (χ3v) is 3.94. The van der Waals surface area contributed by atoms with Crippen molar-refractivity contribution in [2.75, 3.05) is 6.61 Å². The van der Waals surface area contributed by atoms with Crippen LogP contribution < -0.4 is 5.32 Å². The molecule has 152 valence electrons. The second-order valence-electron chi connectivity index (χ2n) is 6.64. The average Bonchev–Trinajstić information content (AvgIpc) is 3.11. The Balaban J connectivity index is 2.58. The van der Waals surface area contributed by atoms with Crippen molar-refractivity contribution >= 4 is 5.91 Å². The van der Waals surface area contributed by atoms with Crippen LogP contribution in [0.25, 0.3) is 0 Å². The first-order valence-corrected chi connectivity index (χ1v) is 8.51. The molecular formula is C18H18F5N3O2. The smallest absolute Gasteiger partial charge is 0.433 e. The number of amides is 1. The van der Waals surface area contributed by atoms with E-state index in [1.807, 2.05) is 0 Å². The van der Waals surface area contributed by atoms with Gasteiger partial charge in [-0.1, -0.05) is 13.8 Å². The highest BCUT2D eigenvalue weighted by Gasteiger charge is 2.36. The van der Waals surface area contributed by atoms with Crippen molar-refractivity contribution in [1.82, 2.24) is 10.3 Å². The van der Waals surface area contributed by atoms with Crippen LogP contribution in [0.4, 0.5) is 22.0 Å². The predicted octanol–water partition coefficient (Wildman–Crippen LogP) is 4.51. The van der Waals surface area contributed by atoms with Gasteiger partial charge in [0.2, 0.25) is 0 Å². The maximum Gasteiger partial charge on any atom is 0.433 e. The highest BCUT2D eigenvalue weighted by atomic mass is 19.4. The highest BCUT2D eigenvalue weighted by Crippen LogP contribution is 2.34. The lowest BCUT2D eigenvalue weighted by molar-refractivity contribution is -0.141. The van der Waals surface area contributed by atoms with E-state index in [2.05, 4.69) is 10.3 Å². The van der Waals surface area contributed by atoms with Crippen LogP contribution in [0.3, 0.4) is 0 Å². The molecule has 1 saturated heterocycles. The minimum atomic E-state index is -4.94. The summed E-state index contributed by atoms with van der Waals surface area (Å²) in [6.07, 6.45) is -7.39. The summed E-state index contributed by atoms with van der Waals surface area (Å²) in [6, 6.07) is 2.33. The number of carbonyl (C=O) groups is 1. The zero-order valence-corrected chi connectivity index (χ0v) is 15.2. The van der Waals surface area contributed by atoms with Crippen LogP contribution in [0.1, 0.15) is 60.4 Å². The Hall–Kier alpha value is -2.70. The number of alkyl halides is 5. The second-order valence-corrected chi connectivity index (χ2v) is 6.64. The van der Waals surface area contributed by atoms with Crippen molar-refractivity contribution in [3.05, 3.63) is 40.0 Å². The summed E-state index contributed by atoms with van der Waals surface area (Å²) in [4.78, 5) is 15.6. The number of hydrogen-bond acceptors (Lipinski definition) is 4. The molecule has 0 atom stereocenters. The highest BCUT2D eigenvalue weighted by molar-refractivity contribution is 5.98. The number of nitriles is 1. The van der Waals surface area contributed by atoms with E-state index >= 15 is 0 Å². The van der Waals surface area contributed by atoms with Gasteiger partial charge in [0.25, 0.3) is 12.3 Å². The van der Waals surface area contributed by atoms with Gasteiger partial charge in [0.15, 0.2) is 5.70 Å². The fraction of sp³-hybridized carbons (Fsp3) is 0.500. The van der Waals surface area contributed by atoms with Crippen LogP contribution in [-0.2, 0) is 17.3 Å². The number of hydrogen-bond donors (Lipinski definition) is 1. The van der Waals surface area contributed by atoms with Gasteiger partial charge in [0.1, 0.15) is 23.2 Å². The van der Waals surface area contributed by atoms with Gasteiger partial charge in [-0.2, -0.15) is 18.4 Å². The van der Waals surface area contributed by atoms with E-state index in [0.717, 1.165) is 0 Å². The minimum Gasteiger partial charge on any atom is -0.495 e. The largest absolute Gasteiger partial charge is 0.495 e. The van der Waals surface area contributed by atoms with Crippen LogP contribution in [0.15, 0.2) is 17.5 Å². The number of allylic oxidation sites excluding steroid dienone is 2. The number of aromatic nitrogens is 1. The van der Waals surface area contributed by atoms with Crippen molar-refractivity contribution in [2.45, 2.75) is 45.7 Å². The van der Waals surface area contributed by atoms with Gasteiger partial charge in [-0.3, -0.25) is 4.79 Å². The van der Waals surface area contributed by atoms with Crippen molar-refractivity contribution in [3.8, 4) is 6.07 Å². The number of pyridine rings is 1. The Bertz CT molecular complexity index is 818. The monoisotopic (exact) mass is 403 g/mol. The summed E-state index contributed by atoms with van der Waals surface area (Å²) in [5.41, 5.74) is -3.87. The Kier molecular flexibility index (Phi) is 6.59. The molecule has 2 heterocycles. The molecule has 1 aliphatic rings. The van der Waals surface area contributed by atoms with Gasteiger partial charge in [-0.25, -0.2) is 13.8 Å². The molecule has 28 heavy (non-hydrogen) atoms. The summed E-state index contributed by atoms with van der Waals surface area (Å²) < 4.78 is 71.4. The Morgan fingerprint density at radius 1 is 1.39 bits per heavy atom. The molecule has 5 nitrogen and oxygen atoms in total. The zero-order valence-electron chi connectivity index (χ0n) is 15.2. The standard InChI is InChI=1S/C18H18F5N3O2/c1-9(2)6-10-7-13(18(21,22)23)26-15(16(19)20)14(10)17(27)25-11(8-24)12-4-3-5-28-12/h7,9,16H,3-6H2,1-2H3,(H,25,27). The molecule has 0 saturated carbocycles. The van der Waals surface area contributed by atoms with Gasteiger partial charge in [0, 0.05) is 6.42 Å². The van der Waals surface area contributed by atoms with Crippen LogP contribution in [0.5, 0.6) is 0 Å². The first-order chi connectivity index (χ1) is 13.0. The van der Waals surface area contributed by atoms with E-state index in [1.54, 1.807) is 19.9 Å². The second kappa shape index (κ2) is 8.54. The van der Waals surface area contributed by atoms with E-state index in [-0.39, 0.29) is 29.4 Å². The van der Waals surface area contributed by atoms with Gasteiger partial charge >= 0.3 is 6.18 Å². The number of ether oxygens (including phenoxy) is 1. The Labute approximate surface area is 158 Å². The molecule has 1 N–H and O–H groups in total. The van der Waals surface area contributed by atoms with E-state index in [9.17, 15) is 32.0 Å². The third-order valence-electron chi connectivity index (χ3n) is 3.94. The molecule has 0 aliphatic carbocycles. The van der Waals surface area contributed by atoms with Crippen LogP contribution in [-0.4, -0.2) is 17.5 Å². The van der Waals surface area contributed by atoms with Gasteiger partial charge in [-0.15, -0.1) is 0 Å². The lowest BCUT2D eigenvalue weighted by Crippen LogP contribution is -2.28. The lowest BCUT2D eigenvalue weighted by Gasteiger charge is -2.18. The summed E-state index contributed by atoms with van der Waals surface area (Å²) in [6.45, 7) is 3.69. The van der Waals surface area contributed by atoms with Crippen molar-refractivity contribution in [1.29, 1.82) is 5.26 Å². The van der Waals surface area contributed by atoms with E-state index < -0.39 is 35.5 Å². The number of nitrogens with zero attached hydrogens (tertiary/aromatic N) is 2. The van der Waals surface area contributed by atoms with Crippen LogP contribution >= 0.6 is 0 Å². The Morgan fingerprint density at radius 3 is 2.54 bits per heavy atom. The molecule has 1 aromatic rings. The molecule has 0 aromatic carbocycles. The molecule has 0 spiro atoms. The van der Waals surface area contributed by atoms with Crippen molar-refractivity contribution in [2.24, 2.45) is 5.92 Å². The van der Waals surface area contributed by atoms with E-state index in [0.29, 0.717) is 25.5 Å². The predicted molar refractivity (Wildman–Crippen MR) is 88.0 cm³/mol. The molecule has 1 aliphatic heterocycles. The maximum absolute atomic E-state index is 13.5. The molecule has 2 rings (SSSR count). The summed E-state index contributed by atoms with van der Waals surface area (Å²) >= 11 is 0. The number of carbonyl (C=O) groups excluding carboxylic acids is 1. The van der Waals surface area contributed by atoms with Crippen LogP contribution in [0.2, 0.25) is 0 Å². The minimum absolute atomic E-state index is 0.0525. The average molecular weight is 403 g/mol. The molecule has 1 aromatic heterocycles. The normalized spacial score (nSPS) is 16.1. The first-order valence-electron chi connectivity index (χ1n) is 8.51. The van der Waals surface area contributed by atoms with E-state index in [1.165, 1.54) is 0 Å². The maximum atomic E-state index is 13.5. The number of nitrogens with one attached hydrogen (secondary N) is 1. The molecule has 1 fully saturated rings. The third kappa shape index (κ3) is 4.97. The van der Waals surface area contributed by atoms with Crippen molar-refractivity contribution in [3.63, 3.8) is 0 Å². The summed E-state index contributed by atoms with van der Waals surface area (Å²) in [5, 5.41) is 11.4. The molecule has 0 bridgehead atoms. The topological polar surface area (TPSA) is 75.0 Å². The molecule has 0 unspecified atom stereocenters. The van der Waals surface area contributed by atoms with Crippen LogP contribution in [0, 0.1) is 17.2 Å². The van der Waals surface area contributed by atoms with Gasteiger partial charge in [-0.05, 0) is 30.4 Å². The number of rotatable bonds is 5. The zero-order chi connectivity index (χ0) is 21.1. The van der Waals surface area contributed by atoms with Crippen molar-refractivity contribution < 1.29 is 31.5 Å². The fourth-order valence-electron chi connectivity index (χ4n) is 2.82. The number of halogens is 5. The first kappa shape index (κ1) is 21.6. The lowest BCUT2D eigenvalue weighted by atomic mass is 9.95. The van der Waals surface area contributed by atoms with E-state index in [4.69, 9.17) is 4.74 Å².